The number of nitrogens with zero attached hydrogens (tertiary/aromatic N) is 3. The fourth-order valence-corrected chi connectivity index (χ4v) is 5.16. The van der Waals surface area contributed by atoms with E-state index in [1.54, 1.807) is 7.11 Å². The first-order valence-corrected chi connectivity index (χ1v) is 11.1. The summed E-state index contributed by atoms with van der Waals surface area (Å²) in [5.41, 5.74) is 0.641. The number of likely N-dealkylation sites (tertiary alicyclic amines) is 3. The van der Waals surface area contributed by atoms with Crippen LogP contribution >= 0.6 is 0 Å². The van der Waals surface area contributed by atoms with Crippen LogP contribution < -0.4 is 4.74 Å². The van der Waals surface area contributed by atoms with Crippen molar-refractivity contribution < 1.29 is 14.3 Å². The standard InChI is InChI=1S/C23H33N3O3/c1-29-21-9-3-2-8-20(21)23(28)25-15-10-19(11-16-25)26-14-6-7-18(17-26)22(27)24-12-4-5-13-24/h2-3,8-9,18-19H,4-7,10-17H2,1H3/t18-/m1/s1. The Morgan fingerprint density at radius 3 is 2.34 bits per heavy atom. The Bertz CT molecular complexity index is 724. The first-order chi connectivity index (χ1) is 14.2. The second-order valence-corrected chi connectivity index (χ2v) is 8.59. The van der Waals surface area contributed by atoms with E-state index >= 15 is 0 Å². The summed E-state index contributed by atoms with van der Waals surface area (Å²) in [6.45, 7) is 5.39. The van der Waals surface area contributed by atoms with Crippen LogP contribution in [-0.4, -0.2) is 78.9 Å². The van der Waals surface area contributed by atoms with Gasteiger partial charge in [-0.3, -0.25) is 14.5 Å². The molecule has 0 N–H and O–H groups in total. The molecule has 3 aliphatic heterocycles. The number of methoxy groups -OCH3 is 1. The number of carbonyl (C=O) groups excluding carboxylic acids is 2. The first-order valence-electron chi connectivity index (χ1n) is 11.1. The maximum atomic E-state index is 12.9. The van der Waals surface area contributed by atoms with Gasteiger partial charge in [0.1, 0.15) is 5.75 Å². The van der Waals surface area contributed by atoms with E-state index in [0.717, 1.165) is 77.8 Å². The van der Waals surface area contributed by atoms with Crippen LogP contribution in [-0.2, 0) is 4.79 Å². The van der Waals surface area contributed by atoms with Gasteiger partial charge in [-0.2, -0.15) is 0 Å². The van der Waals surface area contributed by atoms with E-state index in [2.05, 4.69) is 9.80 Å². The Hall–Kier alpha value is -2.08. The van der Waals surface area contributed by atoms with E-state index in [-0.39, 0.29) is 11.8 Å². The van der Waals surface area contributed by atoms with Gasteiger partial charge in [0.25, 0.3) is 5.91 Å². The molecule has 3 saturated heterocycles. The van der Waals surface area contributed by atoms with Crippen LogP contribution in [0.25, 0.3) is 0 Å². The van der Waals surface area contributed by atoms with Gasteiger partial charge in [-0.05, 0) is 57.2 Å². The molecule has 29 heavy (non-hydrogen) atoms. The predicted octanol–water partition coefficient (Wildman–Crippen LogP) is 2.63. The fraction of sp³-hybridized carbons (Fsp3) is 0.652. The van der Waals surface area contributed by atoms with Crippen LogP contribution in [0.5, 0.6) is 5.75 Å². The highest BCUT2D eigenvalue weighted by Crippen LogP contribution is 2.27. The summed E-state index contributed by atoms with van der Waals surface area (Å²) in [7, 11) is 1.61. The van der Waals surface area contributed by atoms with Crippen LogP contribution in [0.3, 0.4) is 0 Å². The van der Waals surface area contributed by atoms with Gasteiger partial charge in [-0.15, -0.1) is 0 Å². The lowest BCUT2D eigenvalue weighted by Gasteiger charge is -2.42. The molecule has 0 spiro atoms. The molecule has 0 bridgehead atoms. The van der Waals surface area contributed by atoms with Gasteiger partial charge < -0.3 is 14.5 Å². The van der Waals surface area contributed by atoms with Gasteiger partial charge in [0.15, 0.2) is 0 Å². The Morgan fingerprint density at radius 1 is 0.897 bits per heavy atom. The van der Waals surface area contributed by atoms with E-state index in [0.29, 0.717) is 23.3 Å². The molecular weight excluding hydrogens is 366 g/mol. The third-order valence-corrected chi connectivity index (χ3v) is 6.83. The summed E-state index contributed by atoms with van der Waals surface area (Å²) in [6, 6.07) is 7.93. The Kier molecular flexibility index (Phi) is 6.38. The predicted molar refractivity (Wildman–Crippen MR) is 112 cm³/mol. The van der Waals surface area contributed by atoms with Crippen molar-refractivity contribution >= 4 is 11.8 Å². The Balaban J connectivity index is 1.32. The molecule has 0 aliphatic carbocycles. The molecule has 1 aromatic rings. The van der Waals surface area contributed by atoms with Crippen molar-refractivity contribution in [1.29, 1.82) is 0 Å². The number of hydrogen-bond donors (Lipinski definition) is 0. The number of rotatable bonds is 4. The third kappa shape index (κ3) is 4.42. The number of benzene rings is 1. The van der Waals surface area contributed by atoms with Crippen LogP contribution in [0.15, 0.2) is 24.3 Å². The van der Waals surface area contributed by atoms with Crippen molar-refractivity contribution in [2.75, 3.05) is 46.4 Å². The van der Waals surface area contributed by atoms with Crippen LogP contribution in [0.4, 0.5) is 0 Å². The van der Waals surface area contributed by atoms with Crippen LogP contribution in [0.2, 0.25) is 0 Å². The highest BCUT2D eigenvalue weighted by molar-refractivity contribution is 5.97. The molecule has 3 aliphatic rings. The number of para-hydroxylation sites is 1. The minimum Gasteiger partial charge on any atom is -0.496 e. The molecule has 158 valence electrons. The molecule has 2 amide bonds. The van der Waals surface area contributed by atoms with Crippen LogP contribution in [0, 0.1) is 5.92 Å². The van der Waals surface area contributed by atoms with E-state index in [9.17, 15) is 9.59 Å². The van der Waals surface area contributed by atoms with Crippen molar-refractivity contribution in [3.63, 3.8) is 0 Å². The van der Waals surface area contributed by atoms with E-state index in [4.69, 9.17) is 4.74 Å². The van der Waals surface area contributed by atoms with Gasteiger partial charge in [-0.1, -0.05) is 12.1 Å². The highest BCUT2D eigenvalue weighted by atomic mass is 16.5. The van der Waals surface area contributed by atoms with Crippen molar-refractivity contribution in [2.24, 2.45) is 5.92 Å². The highest BCUT2D eigenvalue weighted by Gasteiger charge is 2.35. The molecule has 1 atom stereocenters. The van der Waals surface area contributed by atoms with Gasteiger partial charge >= 0.3 is 0 Å². The normalized spacial score (nSPS) is 24.0. The molecule has 0 radical (unpaired) electrons. The molecule has 6 nitrogen and oxygen atoms in total. The molecular formula is C23H33N3O3. The molecule has 0 unspecified atom stereocenters. The summed E-state index contributed by atoms with van der Waals surface area (Å²) >= 11 is 0. The monoisotopic (exact) mass is 399 g/mol. The minimum absolute atomic E-state index is 0.0571. The lowest BCUT2D eigenvalue weighted by atomic mass is 9.92. The number of carbonyl (C=O) groups is 2. The van der Waals surface area contributed by atoms with Crippen molar-refractivity contribution in [3.05, 3.63) is 29.8 Å². The summed E-state index contributed by atoms with van der Waals surface area (Å²) in [5, 5.41) is 0. The average molecular weight is 400 g/mol. The molecule has 0 saturated carbocycles. The Labute approximate surface area is 173 Å². The van der Waals surface area contributed by atoms with Crippen molar-refractivity contribution in [1.82, 2.24) is 14.7 Å². The van der Waals surface area contributed by atoms with E-state index in [1.165, 1.54) is 0 Å². The topological polar surface area (TPSA) is 53.1 Å². The zero-order valence-corrected chi connectivity index (χ0v) is 17.5. The molecule has 6 heteroatoms. The summed E-state index contributed by atoms with van der Waals surface area (Å²) < 4.78 is 5.36. The maximum absolute atomic E-state index is 12.9. The number of hydrogen-bond acceptors (Lipinski definition) is 4. The zero-order chi connectivity index (χ0) is 20.2. The SMILES string of the molecule is COc1ccccc1C(=O)N1CCC(N2CCC[C@@H](C(=O)N3CCCC3)C2)CC1. The van der Waals surface area contributed by atoms with Gasteiger partial charge in [-0.25, -0.2) is 0 Å². The Morgan fingerprint density at radius 2 is 1.62 bits per heavy atom. The average Bonchev–Trinajstić information content (AvgIpc) is 3.33. The lowest BCUT2D eigenvalue weighted by Crippen LogP contribution is -2.51. The van der Waals surface area contributed by atoms with Gasteiger partial charge in [0.05, 0.1) is 18.6 Å². The quantitative estimate of drug-likeness (QED) is 0.781. The molecule has 0 aromatic heterocycles. The van der Waals surface area contributed by atoms with Gasteiger partial charge in [0, 0.05) is 38.8 Å². The fourth-order valence-electron chi connectivity index (χ4n) is 5.16. The molecule has 3 heterocycles. The number of piperidine rings is 2. The lowest BCUT2D eigenvalue weighted by molar-refractivity contribution is -0.136. The second-order valence-electron chi connectivity index (χ2n) is 8.59. The molecule has 3 fully saturated rings. The van der Waals surface area contributed by atoms with E-state index < -0.39 is 0 Å². The second kappa shape index (κ2) is 9.16. The third-order valence-electron chi connectivity index (χ3n) is 6.83. The number of amides is 2. The van der Waals surface area contributed by atoms with Crippen molar-refractivity contribution in [2.45, 2.75) is 44.6 Å². The first kappa shape index (κ1) is 20.2. The zero-order valence-electron chi connectivity index (χ0n) is 17.5. The molecule has 1 aromatic carbocycles. The summed E-state index contributed by atoms with van der Waals surface area (Å²) in [6.07, 6.45) is 6.39. The maximum Gasteiger partial charge on any atom is 0.257 e. The summed E-state index contributed by atoms with van der Waals surface area (Å²) in [4.78, 5) is 32.3. The van der Waals surface area contributed by atoms with Crippen LogP contribution in [0.1, 0.15) is 48.9 Å². The smallest absolute Gasteiger partial charge is 0.257 e. The van der Waals surface area contributed by atoms with E-state index in [1.807, 2.05) is 29.2 Å². The van der Waals surface area contributed by atoms with Gasteiger partial charge in [0.2, 0.25) is 5.91 Å². The number of ether oxygens (including phenoxy) is 1. The summed E-state index contributed by atoms with van der Waals surface area (Å²) in [5.74, 6) is 1.23. The largest absolute Gasteiger partial charge is 0.496 e. The minimum atomic E-state index is 0.0571. The molecule has 4 rings (SSSR count). The van der Waals surface area contributed by atoms with Crippen molar-refractivity contribution in [3.8, 4) is 5.75 Å².